The molecule has 1 N–H and O–H groups in total. The van der Waals surface area contributed by atoms with Gasteiger partial charge in [-0.15, -0.1) is 0 Å². The topological polar surface area (TPSA) is 49.0 Å². The van der Waals surface area contributed by atoms with E-state index in [0.717, 1.165) is 5.69 Å². The zero-order valence-electron chi connectivity index (χ0n) is 14.2. The molecule has 0 aliphatic heterocycles. The first kappa shape index (κ1) is 17.9. The summed E-state index contributed by atoms with van der Waals surface area (Å²) >= 11 is 0. The molecule has 0 unspecified atom stereocenters. The van der Waals surface area contributed by atoms with Gasteiger partial charge in [-0.25, -0.2) is 4.98 Å². The third kappa shape index (κ3) is 3.02. The van der Waals surface area contributed by atoms with E-state index in [0.29, 0.717) is 5.56 Å². The molecule has 0 spiro atoms. The summed E-state index contributed by atoms with van der Waals surface area (Å²) in [6.07, 6.45) is -4.99. The van der Waals surface area contributed by atoms with Crippen molar-refractivity contribution in [1.82, 2.24) is 9.97 Å². The van der Waals surface area contributed by atoms with E-state index in [2.05, 4.69) is 9.97 Å². The van der Waals surface area contributed by atoms with Gasteiger partial charge >= 0.3 is 6.18 Å². The number of aromatic nitrogens is 2. The number of aryl methyl sites for hydroxylation is 1. The minimum absolute atomic E-state index is 0.128. The molecule has 4 nitrogen and oxygen atoms in total. The SMILES string of the molecule is Cc1cc(=O)c2c(-c3ccc(N(C)C)cc3)nc(F)c(C(F)(F)F)c2[nH]1. The van der Waals surface area contributed by atoms with E-state index in [1.807, 2.05) is 19.0 Å². The summed E-state index contributed by atoms with van der Waals surface area (Å²) < 4.78 is 54.2. The van der Waals surface area contributed by atoms with Crippen molar-refractivity contribution in [2.45, 2.75) is 13.1 Å². The number of hydrogen-bond donors (Lipinski definition) is 1. The number of nitrogens with zero attached hydrogens (tertiary/aromatic N) is 2. The molecule has 0 fully saturated rings. The van der Waals surface area contributed by atoms with Crippen molar-refractivity contribution in [2.24, 2.45) is 0 Å². The van der Waals surface area contributed by atoms with Crippen LogP contribution in [-0.4, -0.2) is 24.1 Å². The highest BCUT2D eigenvalue weighted by Crippen LogP contribution is 2.37. The normalized spacial score (nSPS) is 11.8. The Morgan fingerprint density at radius 2 is 1.73 bits per heavy atom. The molecule has 3 aromatic rings. The molecule has 0 saturated carbocycles. The first-order valence-corrected chi connectivity index (χ1v) is 7.67. The third-order valence-electron chi connectivity index (χ3n) is 4.01. The van der Waals surface area contributed by atoms with Crippen LogP contribution in [0, 0.1) is 12.9 Å². The number of benzene rings is 1. The monoisotopic (exact) mass is 365 g/mol. The molecule has 0 atom stereocenters. The highest BCUT2D eigenvalue weighted by Gasteiger charge is 2.39. The number of nitrogens with one attached hydrogen (secondary N) is 1. The lowest BCUT2D eigenvalue weighted by Crippen LogP contribution is -2.16. The number of hydrogen-bond acceptors (Lipinski definition) is 3. The zero-order chi connectivity index (χ0) is 19.2. The molecule has 0 aliphatic rings. The van der Waals surface area contributed by atoms with Crippen LogP contribution in [0.4, 0.5) is 23.2 Å². The van der Waals surface area contributed by atoms with Crippen LogP contribution in [0.15, 0.2) is 35.1 Å². The van der Waals surface area contributed by atoms with Crippen LogP contribution in [-0.2, 0) is 6.18 Å². The Hall–Kier alpha value is -2.90. The second-order valence-electron chi connectivity index (χ2n) is 6.13. The number of alkyl halides is 3. The Bertz CT molecular complexity index is 1040. The van der Waals surface area contributed by atoms with Crippen molar-refractivity contribution in [3.63, 3.8) is 0 Å². The Morgan fingerprint density at radius 1 is 1.12 bits per heavy atom. The molecule has 1 aromatic carbocycles. The summed E-state index contributed by atoms with van der Waals surface area (Å²) in [5.74, 6) is -1.67. The number of rotatable bonds is 2. The minimum Gasteiger partial charge on any atom is -0.378 e. The van der Waals surface area contributed by atoms with Gasteiger partial charge in [0, 0.05) is 37.1 Å². The van der Waals surface area contributed by atoms with Crippen LogP contribution in [0.25, 0.3) is 22.2 Å². The molecule has 2 aromatic heterocycles. The van der Waals surface area contributed by atoms with Gasteiger partial charge in [-0.05, 0) is 19.1 Å². The maximum atomic E-state index is 14.3. The smallest absolute Gasteiger partial charge is 0.378 e. The first-order valence-electron chi connectivity index (χ1n) is 7.67. The van der Waals surface area contributed by atoms with Crippen molar-refractivity contribution in [1.29, 1.82) is 0 Å². The average molecular weight is 365 g/mol. The Balaban J connectivity index is 2.39. The molecular weight excluding hydrogens is 350 g/mol. The lowest BCUT2D eigenvalue weighted by molar-refractivity contribution is -0.139. The van der Waals surface area contributed by atoms with Crippen molar-refractivity contribution < 1.29 is 17.6 Å². The third-order valence-corrected chi connectivity index (χ3v) is 4.01. The van der Waals surface area contributed by atoms with Crippen molar-refractivity contribution in [2.75, 3.05) is 19.0 Å². The van der Waals surface area contributed by atoms with Crippen LogP contribution < -0.4 is 10.3 Å². The second kappa shape index (κ2) is 6.12. The average Bonchev–Trinajstić information content (AvgIpc) is 2.52. The summed E-state index contributed by atoms with van der Waals surface area (Å²) in [7, 11) is 3.65. The van der Waals surface area contributed by atoms with Crippen LogP contribution in [0.2, 0.25) is 0 Å². The van der Waals surface area contributed by atoms with Gasteiger partial charge in [0.15, 0.2) is 5.43 Å². The standard InChI is InChI=1S/C18H15F4N3O/c1-9-8-12(26)13-15(10-4-6-11(7-5-10)25(2)3)24-17(19)14(16(13)23-9)18(20,21)22/h4-8H,1-3H3,(H,23,26). The molecule has 0 amide bonds. The summed E-state index contributed by atoms with van der Waals surface area (Å²) in [6.45, 7) is 1.44. The van der Waals surface area contributed by atoms with Gasteiger partial charge in [0.2, 0.25) is 5.95 Å². The fraction of sp³-hybridized carbons (Fsp3) is 0.222. The molecule has 0 radical (unpaired) electrons. The number of H-pyrrole nitrogens is 1. The van der Waals surface area contributed by atoms with Crippen molar-refractivity contribution >= 4 is 16.6 Å². The van der Waals surface area contributed by atoms with E-state index in [9.17, 15) is 22.4 Å². The number of pyridine rings is 2. The maximum absolute atomic E-state index is 14.3. The maximum Gasteiger partial charge on any atom is 0.422 e. The van der Waals surface area contributed by atoms with Gasteiger partial charge in [-0.1, -0.05) is 12.1 Å². The number of halogens is 4. The highest BCUT2D eigenvalue weighted by atomic mass is 19.4. The molecular formula is C18H15F4N3O. The Labute approximate surface area is 146 Å². The molecule has 3 rings (SSSR count). The van der Waals surface area contributed by atoms with Gasteiger partial charge in [0.1, 0.15) is 5.56 Å². The number of aromatic amines is 1. The lowest BCUT2D eigenvalue weighted by Gasteiger charge is -2.15. The quantitative estimate of drug-likeness (QED) is 0.549. The predicted molar refractivity (Wildman–Crippen MR) is 91.8 cm³/mol. The van der Waals surface area contributed by atoms with Gasteiger partial charge in [-0.2, -0.15) is 17.6 Å². The number of fused-ring (bicyclic) bond motifs is 1. The van der Waals surface area contributed by atoms with E-state index >= 15 is 0 Å². The zero-order valence-corrected chi connectivity index (χ0v) is 14.2. The number of anilines is 1. The van der Waals surface area contributed by atoms with E-state index < -0.39 is 28.6 Å². The first-order chi connectivity index (χ1) is 12.1. The summed E-state index contributed by atoms with van der Waals surface area (Å²) in [6, 6.07) is 7.76. The van der Waals surface area contributed by atoms with Crippen LogP contribution >= 0.6 is 0 Å². The molecule has 0 bridgehead atoms. The van der Waals surface area contributed by atoms with Gasteiger partial charge in [0.25, 0.3) is 0 Å². The minimum atomic E-state index is -4.99. The van der Waals surface area contributed by atoms with E-state index in [1.165, 1.54) is 13.0 Å². The summed E-state index contributed by atoms with van der Waals surface area (Å²) in [4.78, 5) is 20.2. The van der Waals surface area contributed by atoms with Gasteiger partial charge in [0.05, 0.1) is 16.6 Å². The van der Waals surface area contributed by atoms with Crippen molar-refractivity contribution in [3.8, 4) is 11.3 Å². The molecule has 0 aliphatic carbocycles. The van der Waals surface area contributed by atoms with E-state index in [4.69, 9.17) is 0 Å². The Kier molecular flexibility index (Phi) is 4.21. The molecule has 26 heavy (non-hydrogen) atoms. The summed E-state index contributed by atoms with van der Waals surface area (Å²) in [5, 5.41) is -0.290. The molecule has 8 heteroatoms. The van der Waals surface area contributed by atoms with Gasteiger partial charge in [-0.3, -0.25) is 4.79 Å². The van der Waals surface area contributed by atoms with E-state index in [1.54, 1.807) is 24.3 Å². The van der Waals surface area contributed by atoms with E-state index in [-0.39, 0.29) is 16.8 Å². The van der Waals surface area contributed by atoms with Crippen molar-refractivity contribution in [3.05, 3.63) is 57.8 Å². The fourth-order valence-corrected chi connectivity index (χ4v) is 2.81. The Morgan fingerprint density at radius 3 is 2.27 bits per heavy atom. The van der Waals surface area contributed by atoms with Crippen LogP contribution in [0.1, 0.15) is 11.3 Å². The summed E-state index contributed by atoms with van der Waals surface area (Å²) in [5.41, 5.74) is -1.55. The largest absolute Gasteiger partial charge is 0.422 e. The fourth-order valence-electron chi connectivity index (χ4n) is 2.81. The molecule has 0 saturated heterocycles. The highest BCUT2D eigenvalue weighted by molar-refractivity contribution is 5.94. The van der Waals surface area contributed by atoms with Crippen LogP contribution in [0.3, 0.4) is 0 Å². The van der Waals surface area contributed by atoms with Gasteiger partial charge < -0.3 is 9.88 Å². The second-order valence-corrected chi connectivity index (χ2v) is 6.13. The molecule has 136 valence electrons. The molecule has 2 heterocycles. The lowest BCUT2D eigenvalue weighted by atomic mass is 10.0. The predicted octanol–water partition coefficient (Wildman–Crippen LogP) is 4.12. The van der Waals surface area contributed by atoms with Crippen LogP contribution in [0.5, 0.6) is 0 Å².